The lowest BCUT2D eigenvalue weighted by Crippen LogP contribution is -2.42. The zero-order valence-electron chi connectivity index (χ0n) is 15.7. The minimum absolute atomic E-state index is 0.349. The zero-order valence-corrected chi connectivity index (χ0v) is 15.7. The lowest BCUT2D eigenvalue weighted by atomic mass is 9.97. The predicted molar refractivity (Wildman–Crippen MR) is 105 cm³/mol. The van der Waals surface area contributed by atoms with Crippen LogP contribution in [0.2, 0.25) is 0 Å². The smallest absolute Gasteiger partial charge is 0.313 e. The molecule has 0 bridgehead atoms. The van der Waals surface area contributed by atoms with Crippen LogP contribution >= 0.6 is 0 Å². The van der Waals surface area contributed by atoms with Crippen molar-refractivity contribution in [3.05, 3.63) is 47.8 Å². The van der Waals surface area contributed by atoms with Crippen molar-refractivity contribution in [1.29, 1.82) is 0 Å². The van der Waals surface area contributed by atoms with Crippen LogP contribution in [-0.2, 0) is 9.59 Å². The van der Waals surface area contributed by atoms with E-state index in [4.69, 9.17) is 0 Å². The summed E-state index contributed by atoms with van der Waals surface area (Å²) in [6.45, 7) is 6.01. The Bertz CT molecular complexity index is 781. The number of carbonyl (C=O) groups excluding carboxylic acids is 2. The third kappa shape index (κ3) is 4.81. The van der Waals surface area contributed by atoms with E-state index in [1.165, 1.54) is 0 Å². The van der Waals surface area contributed by atoms with Gasteiger partial charge in [0.25, 0.3) is 0 Å². The van der Waals surface area contributed by atoms with E-state index < -0.39 is 11.8 Å². The number of rotatable bonds is 4. The van der Waals surface area contributed by atoms with Gasteiger partial charge in [-0.15, -0.1) is 0 Å². The van der Waals surface area contributed by atoms with Gasteiger partial charge in [-0.2, -0.15) is 0 Å². The molecule has 0 atom stereocenters. The predicted octanol–water partition coefficient (Wildman–Crippen LogP) is 2.06. The number of aromatic nitrogens is 2. The average molecular weight is 367 g/mol. The summed E-state index contributed by atoms with van der Waals surface area (Å²) in [6, 6.07) is 7.54. The van der Waals surface area contributed by atoms with E-state index in [9.17, 15) is 9.59 Å². The van der Waals surface area contributed by atoms with Gasteiger partial charge in [0.2, 0.25) is 5.95 Å². The largest absolute Gasteiger partial charge is 0.348 e. The Labute approximate surface area is 159 Å². The summed E-state index contributed by atoms with van der Waals surface area (Å²) in [5, 5.41) is 5.48. The molecule has 1 saturated heterocycles. The molecule has 1 aromatic heterocycles. The number of piperidine rings is 1. The normalized spacial score (nSPS) is 14.7. The minimum atomic E-state index is -0.623. The van der Waals surface area contributed by atoms with Crippen LogP contribution in [0.5, 0.6) is 0 Å². The summed E-state index contributed by atoms with van der Waals surface area (Å²) in [4.78, 5) is 35.0. The summed E-state index contributed by atoms with van der Waals surface area (Å²) in [5.74, 6) is -0.121. The van der Waals surface area contributed by atoms with Crippen molar-refractivity contribution in [3.63, 3.8) is 0 Å². The fourth-order valence-corrected chi connectivity index (χ4v) is 3.29. The molecule has 142 valence electrons. The second-order valence-corrected chi connectivity index (χ2v) is 6.91. The molecule has 7 nitrogen and oxygen atoms in total. The van der Waals surface area contributed by atoms with Crippen molar-refractivity contribution in [2.45, 2.75) is 26.7 Å². The number of hydrogen-bond donors (Lipinski definition) is 2. The first kappa shape index (κ1) is 18.8. The second-order valence-electron chi connectivity index (χ2n) is 6.91. The van der Waals surface area contributed by atoms with Crippen molar-refractivity contribution >= 4 is 23.5 Å². The Morgan fingerprint density at radius 3 is 2.30 bits per heavy atom. The van der Waals surface area contributed by atoms with E-state index in [0.717, 1.165) is 43.0 Å². The quantitative estimate of drug-likeness (QED) is 0.808. The molecule has 2 aromatic rings. The SMILES string of the molecule is Cc1cccc(C)c1NC(=O)C(=O)NCC1CCN(c2ncccn2)CC1. The number of para-hydroxylation sites is 1. The lowest BCUT2D eigenvalue weighted by molar-refractivity contribution is -0.136. The monoisotopic (exact) mass is 367 g/mol. The topological polar surface area (TPSA) is 87.2 Å². The van der Waals surface area contributed by atoms with Crippen LogP contribution in [-0.4, -0.2) is 41.4 Å². The van der Waals surface area contributed by atoms with Gasteiger partial charge in [-0.05, 0) is 49.8 Å². The van der Waals surface area contributed by atoms with Gasteiger partial charge in [0.1, 0.15) is 0 Å². The Hall–Kier alpha value is -2.96. The summed E-state index contributed by atoms with van der Waals surface area (Å²) < 4.78 is 0. The van der Waals surface area contributed by atoms with Crippen LogP contribution in [0.3, 0.4) is 0 Å². The molecule has 0 aliphatic carbocycles. The van der Waals surface area contributed by atoms with Gasteiger partial charge in [0.15, 0.2) is 0 Å². The Morgan fingerprint density at radius 1 is 1.04 bits per heavy atom. The van der Waals surface area contributed by atoms with E-state index >= 15 is 0 Å². The first-order valence-electron chi connectivity index (χ1n) is 9.22. The van der Waals surface area contributed by atoms with Crippen LogP contribution in [0.25, 0.3) is 0 Å². The van der Waals surface area contributed by atoms with E-state index in [1.54, 1.807) is 18.5 Å². The van der Waals surface area contributed by atoms with Crippen LogP contribution in [0, 0.1) is 19.8 Å². The molecule has 1 fully saturated rings. The summed E-state index contributed by atoms with van der Waals surface area (Å²) >= 11 is 0. The number of benzene rings is 1. The molecule has 0 radical (unpaired) electrons. The van der Waals surface area contributed by atoms with Crippen LogP contribution in [0.4, 0.5) is 11.6 Å². The maximum atomic E-state index is 12.2. The molecule has 3 rings (SSSR count). The molecule has 7 heteroatoms. The average Bonchev–Trinajstić information content (AvgIpc) is 2.70. The molecule has 1 aliphatic rings. The highest BCUT2D eigenvalue weighted by Gasteiger charge is 2.22. The number of amides is 2. The molecule has 2 amide bonds. The van der Waals surface area contributed by atoms with Crippen molar-refractivity contribution in [2.75, 3.05) is 29.9 Å². The van der Waals surface area contributed by atoms with Gasteiger partial charge in [-0.25, -0.2) is 9.97 Å². The molecular weight excluding hydrogens is 342 g/mol. The number of anilines is 2. The Morgan fingerprint density at radius 2 is 1.67 bits per heavy atom. The summed E-state index contributed by atoms with van der Waals surface area (Å²) in [5.41, 5.74) is 2.58. The standard InChI is InChI=1S/C20H25N5O2/c1-14-5-3-6-15(2)17(14)24-19(27)18(26)23-13-16-7-11-25(12-8-16)20-21-9-4-10-22-20/h3-6,9-10,16H,7-8,11-13H2,1-2H3,(H,23,26)(H,24,27). The van der Waals surface area contributed by atoms with Gasteiger partial charge in [-0.3, -0.25) is 9.59 Å². The molecule has 27 heavy (non-hydrogen) atoms. The van der Waals surface area contributed by atoms with Gasteiger partial charge in [0.05, 0.1) is 0 Å². The van der Waals surface area contributed by atoms with Gasteiger partial charge in [-0.1, -0.05) is 18.2 Å². The van der Waals surface area contributed by atoms with Crippen LogP contribution < -0.4 is 15.5 Å². The number of aryl methyl sites for hydroxylation is 2. The van der Waals surface area contributed by atoms with Gasteiger partial charge >= 0.3 is 11.8 Å². The maximum Gasteiger partial charge on any atom is 0.313 e. The van der Waals surface area contributed by atoms with Gasteiger partial charge < -0.3 is 15.5 Å². The fraction of sp³-hybridized carbons (Fsp3) is 0.400. The third-order valence-electron chi connectivity index (χ3n) is 4.93. The van der Waals surface area contributed by atoms with E-state index in [1.807, 2.05) is 32.0 Å². The number of carbonyl (C=O) groups is 2. The fourth-order valence-electron chi connectivity index (χ4n) is 3.29. The first-order valence-corrected chi connectivity index (χ1v) is 9.22. The highest BCUT2D eigenvalue weighted by atomic mass is 16.2. The summed E-state index contributed by atoms with van der Waals surface area (Å²) in [6.07, 6.45) is 5.33. The molecule has 1 aromatic carbocycles. The highest BCUT2D eigenvalue weighted by molar-refractivity contribution is 6.39. The number of nitrogens with zero attached hydrogens (tertiary/aromatic N) is 3. The second kappa shape index (κ2) is 8.62. The van der Waals surface area contributed by atoms with Crippen molar-refractivity contribution < 1.29 is 9.59 Å². The van der Waals surface area contributed by atoms with Crippen molar-refractivity contribution in [1.82, 2.24) is 15.3 Å². The van der Waals surface area contributed by atoms with E-state index in [2.05, 4.69) is 25.5 Å². The van der Waals surface area contributed by atoms with E-state index in [-0.39, 0.29) is 0 Å². The number of hydrogen-bond acceptors (Lipinski definition) is 5. The molecule has 0 spiro atoms. The lowest BCUT2D eigenvalue weighted by Gasteiger charge is -2.31. The zero-order chi connectivity index (χ0) is 19.2. The minimum Gasteiger partial charge on any atom is -0.348 e. The molecular formula is C20H25N5O2. The van der Waals surface area contributed by atoms with Crippen LogP contribution in [0.15, 0.2) is 36.7 Å². The summed E-state index contributed by atoms with van der Waals surface area (Å²) in [7, 11) is 0. The van der Waals surface area contributed by atoms with Crippen molar-refractivity contribution in [3.8, 4) is 0 Å². The van der Waals surface area contributed by atoms with Gasteiger partial charge in [0, 0.05) is 37.7 Å². The molecule has 1 aliphatic heterocycles. The van der Waals surface area contributed by atoms with E-state index in [0.29, 0.717) is 18.2 Å². The van der Waals surface area contributed by atoms with Crippen molar-refractivity contribution in [2.24, 2.45) is 5.92 Å². The Balaban J connectivity index is 1.45. The molecule has 2 N–H and O–H groups in total. The molecule has 0 saturated carbocycles. The number of nitrogens with one attached hydrogen (secondary N) is 2. The Kier molecular flexibility index (Phi) is 6.01. The highest BCUT2D eigenvalue weighted by Crippen LogP contribution is 2.20. The maximum absolute atomic E-state index is 12.2. The third-order valence-corrected chi connectivity index (χ3v) is 4.93. The first-order chi connectivity index (χ1) is 13.0. The molecule has 0 unspecified atom stereocenters. The van der Waals surface area contributed by atoms with Crippen LogP contribution in [0.1, 0.15) is 24.0 Å². The molecule has 2 heterocycles.